The summed E-state index contributed by atoms with van der Waals surface area (Å²) < 4.78 is 11.7. The fourth-order valence-electron chi connectivity index (χ4n) is 3.62. The van der Waals surface area contributed by atoms with Gasteiger partial charge in [0.05, 0.1) is 19.3 Å². The average Bonchev–Trinajstić information content (AvgIpc) is 3.23. The topological polar surface area (TPSA) is 63.4 Å². The van der Waals surface area contributed by atoms with Crippen molar-refractivity contribution in [1.29, 1.82) is 0 Å². The molecule has 2 aromatic rings. The van der Waals surface area contributed by atoms with Crippen LogP contribution in [0.4, 0.5) is 5.95 Å². The molecule has 2 fully saturated rings. The zero-order chi connectivity index (χ0) is 15.6. The molecule has 6 nitrogen and oxygen atoms in total. The van der Waals surface area contributed by atoms with Crippen LogP contribution < -0.4 is 5.32 Å². The molecule has 2 aliphatic rings. The molecule has 0 aliphatic carbocycles. The van der Waals surface area contributed by atoms with E-state index in [1.54, 1.807) is 12.4 Å². The van der Waals surface area contributed by atoms with Gasteiger partial charge in [0.1, 0.15) is 11.5 Å². The summed E-state index contributed by atoms with van der Waals surface area (Å²) in [7, 11) is 0. The molecule has 0 radical (unpaired) electrons. The summed E-state index contributed by atoms with van der Waals surface area (Å²) in [6.45, 7) is 6.59. The van der Waals surface area contributed by atoms with E-state index >= 15 is 0 Å². The van der Waals surface area contributed by atoms with Gasteiger partial charge < -0.3 is 14.5 Å². The molecule has 3 atom stereocenters. The normalized spacial score (nSPS) is 27.3. The number of fused-ring (bicyclic) bond motifs is 1. The highest BCUT2D eigenvalue weighted by molar-refractivity contribution is 5.22. The van der Waals surface area contributed by atoms with Gasteiger partial charge in [-0.05, 0) is 25.1 Å². The van der Waals surface area contributed by atoms with Crippen LogP contribution in [-0.4, -0.2) is 47.2 Å². The van der Waals surface area contributed by atoms with E-state index in [0.29, 0.717) is 23.9 Å². The highest BCUT2D eigenvalue weighted by Crippen LogP contribution is 2.34. The zero-order valence-corrected chi connectivity index (χ0v) is 13.3. The molecule has 0 aromatic carbocycles. The van der Waals surface area contributed by atoms with Gasteiger partial charge in [-0.1, -0.05) is 0 Å². The largest absolute Gasteiger partial charge is 0.465 e. The van der Waals surface area contributed by atoms with E-state index in [4.69, 9.17) is 9.15 Å². The molecule has 6 heteroatoms. The maximum atomic E-state index is 6.00. The Morgan fingerprint density at radius 3 is 2.91 bits per heavy atom. The van der Waals surface area contributed by atoms with Gasteiger partial charge in [0.15, 0.2) is 0 Å². The quantitative estimate of drug-likeness (QED) is 0.910. The third-order valence-corrected chi connectivity index (χ3v) is 4.78. The molecule has 0 amide bonds. The Bertz CT molecular complexity index is 645. The lowest BCUT2D eigenvalue weighted by atomic mass is 9.93. The Morgan fingerprint density at radius 1 is 1.26 bits per heavy atom. The molecule has 2 saturated heterocycles. The summed E-state index contributed by atoms with van der Waals surface area (Å²) in [5, 5.41) is 3.33. The van der Waals surface area contributed by atoms with Crippen LogP contribution >= 0.6 is 0 Å². The number of ether oxygens (including phenoxy) is 1. The summed E-state index contributed by atoms with van der Waals surface area (Å²) >= 11 is 0. The van der Waals surface area contributed by atoms with Crippen molar-refractivity contribution < 1.29 is 9.15 Å². The number of anilines is 1. The van der Waals surface area contributed by atoms with Gasteiger partial charge >= 0.3 is 0 Å². The second-order valence-corrected chi connectivity index (χ2v) is 6.46. The molecule has 4 rings (SSSR count). The van der Waals surface area contributed by atoms with Gasteiger partial charge in [0, 0.05) is 43.9 Å². The highest BCUT2D eigenvalue weighted by Gasteiger charge is 2.43. The fraction of sp³-hybridized carbons (Fsp3) is 0.529. The van der Waals surface area contributed by atoms with Crippen LogP contribution in [0.1, 0.15) is 11.5 Å². The second kappa shape index (κ2) is 6.29. The van der Waals surface area contributed by atoms with E-state index in [-0.39, 0.29) is 0 Å². The van der Waals surface area contributed by atoms with Crippen LogP contribution in [0.3, 0.4) is 0 Å². The molecular formula is C17H22N4O2. The maximum absolute atomic E-state index is 6.00. The molecule has 0 saturated carbocycles. The predicted molar refractivity (Wildman–Crippen MR) is 86.0 cm³/mol. The minimum atomic E-state index is 0.342. The Balaban J connectivity index is 1.32. The van der Waals surface area contributed by atoms with Crippen molar-refractivity contribution in [2.45, 2.75) is 19.6 Å². The first-order valence-corrected chi connectivity index (χ1v) is 8.18. The average molecular weight is 314 g/mol. The number of nitrogens with one attached hydrogen (secondary N) is 1. The van der Waals surface area contributed by atoms with Crippen LogP contribution in [0.2, 0.25) is 0 Å². The standard InChI is InChI=1S/C17H22N4O2/c1-12-3-4-14(23-12)8-21-9-15-13(11-22-16(15)10-21)7-20-17-18-5-2-6-19-17/h2-6,13,15-16H,7-11H2,1H3,(H,18,19,20)/t13-,15+,16+/m1/s1. The Labute approximate surface area is 135 Å². The first-order chi connectivity index (χ1) is 11.3. The summed E-state index contributed by atoms with van der Waals surface area (Å²) in [5.74, 6) is 3.78. The van der Waals surface area contributed by atoms with Crippen molar-refractivity contribution in [3.8, 4) is 0 Å². The molecule has 2 aromatic heterocycles. The van der Waals surface area contributed by atoms with Crippen LogP contribution in [-0.2, 0) is 11.3 Å². The minimum absolute atomic E-state index is 0.342. The number of hydrogen-bond acceptors (Lipinski definition) is 6. The van der Waals surface area contributed by atoms with Gasteiger partial charge in [0.25, 0.3) is 0 Å². The minimum Gasteiger partial charge on any atom is -0.465 e. The number of furan rings is 1. The van der Waals surface area contributed by atoms with Gasteiger partial charge in [-0.25, -0.2) is 9.97 Å². The molecule has 23 heavy (non-hydrogen) atoms. The Kier molecular flexibility index (Phi) is 4.01. The number of aromatic nitrogens is 2. The zero-order valence-electron chi connectivity index (χ0n) is 13.3. The van der Waals surface area contributed by atoms with Crippen LogP contribution in [0.5, 0.6) is 0 Å². The number of aryl methyl sites for hydroxylation is 1. The maximum Gasteiger partial charge on any atom is 0.222 e. The number of likely N-dealkylation sites (tertiary alicyclic amines) is 1. The van der Waals surface area contributed by atoms with E-state index in [1.165, 1.54) is 0 Å². The molecule has 122 valence electrons. The lowest BCUT2D eigenvalue weighted by Crippen LogP contribution is -2.27. The van der Waals surface area contributed by atoms with E-state index in [9.17, 15) is 0 Å². The molecule has 1 N–H and O–H groups in total. The van der Waals surface area contributed by atoms with E-state index < -0.39 is 0 Å². The Hall–Kier alpha value is -1.92. The van der Waals surface area contributed by atoms with Crippen molar-refractivity contribution in [3.63, 3.8) is 0 Å². The SMILES string of the molecule is Cc1ccc(CN2C[C@H]3[C@H](CNc4ncccn4)CO[C@H]3C2)o1. The number of hydrogen-bond donors (Lipinski definition) is 1. The van der Waals surface area contributed by atoms with Crippen molar-refractivity contribution >= 4 is 5.95 Å². The summed E-state index contributed by atoms with van der Waals surface area (Å²) in [5.41, 5.74) is 0. The summed E-state index contributed by atoms with van der Waals surface area (Å²) in [6, 6.07) is 5.91. The highest BCUT2D eigenvalue weighted by atomic mass is 16.5. The van der Waals surface area contributed by atoms with Gasteiger partial charge in [-0.15, -0.1) is 0 Å². The van der Waals surface area contributed by atoms with Gasteiger partial charge in [-0.2, -0.15) is 0 Å². The molecule has 0 unspecified atom stereocenters. The van der Waals surface area contributed by atoms with E-state index in [0.717, 1.165) is 44.3 Å². The molecule has 0 bridgehead atoms. The van der Waals surface area contributed by atoms with E-state index in [1.807, 2.05) is 19.1 Å². The third-order valence-electron chi connectivity index (χ3n) is 4.78. The monoisotopic (exact) mass is 314 g/mol. The first kappa shape index (κ1) is 14.7. The summed E-state index contributed by atoms with van der Waals surface area (Å²) in [4.78, 5) is 10.9. The van der Waals surface area contributed by atoms with Crippen LogP contribution in [0.25, 0.3) is 0 Å². The van der Waals surface area contributed by atoms with Crippen molar-refractivity contribution in [2.24, 2.45) is 11.8 Å². The number of rotatable bonds is 5. The molecular weight excluding hydrogens is 292 g/mol. The van der Waals surface area contributed by atoms with Crippen molar-refractivity contribution in [1.82, 2.24) is 14.9 Å². The number of nitrogens with zero attached hydrogens (tertiary/aromatic N) is 3. The van der Waals surface area contributed by atoms with Crippen molar-refractivity contribution in [3.05, 3.63) is 42.1 Å². The second-order valence-electron chi connectivity index (χ2n) is 6.46. The van der Waals surface area contributed by atoms with Crippen LogP contribution in [0, 0.1) is 18.8 Å². The van der Waals surface area contributed by atoms with Gasteiger partial charge in [0.2, 0.25) is 5.95 Å². The smallest absolute Gasteiger partial charge is 0.222 e. The molecule has 0 spiro atoms. The van der Waals surface area contributed by atoms with E-state index in [2.05, 4.69) is 26.3 Å². The molecule has 2 aliphatic heterocycles. The van der Waals surface area contributed by atoms with Crippen molar-refractivity contribution in [2.75, 3.05) is 31.6 Å². The predicted octanol–water partition coefficient (Wildman–Crippen LogP) is 1.94. The van der Waals surface area contributed by atoms with Crippen LogP contribution in [0.15, 0.2) is 35.0 Å². The Morgan fingerprint density at radius 2 is 2.13 bits per heavy atom. The lowest BCUT2D eigenvalue weighted by molar-refractivity contribution is 0.0934. The van der Waals surface area contributed by atoms with Gasteiger partial charge in [-0.3, -0.25) is 4.90 Å². The fourth-order valence-corrected chi connectivity index (χ4v) is 3.62. The first-order valence-electron chi connectivity index (χ1n) is 8.18. The third kappa shape index (κ3) is 3.23. The lowest BCUT2D eigenvalue weighted by Gasteiger charge is -2.19. The molecule has 4 heterocycles. The summed E-state index contributed by atoms with van der Waals surface area (Å²) in [6.07, 6.45) is 3.85.